The van der Waals surface area contributed by atoms with Gasteiger partial charge in [0.1, 0.15) is 0 Å². The minimum absolute atomic E-state index is 0.00585. The van der Waals surface area contributed by atoms with Gasteiger partial charge in [-0.2, -0.15) is 0 Å². The zero-order valence-electron chi connectivity index (χ0n) is 10.3. The first-order chi connectivity index (χ1) is 8.63. The summed E-state index contributed by atoms with van der Waals surface area (Å²) in [4.78, 5) is 21.9. The van der Waals surface area contributed by atoms with Crippen LogP contribution < -0.4 is 5.32 Å². The average molecular weight is 266 g/mol. The van der Waals surface area contributed by atoms with Crippen LogP contribution in [0.1, 0.15) is 29.3 Å². The van der Waals surface area contributed by atoms with Crippen LogP contribution in [0.3, 0.4) is 0 Å². The number of alkyl halides is 1. The number of rotatable bonds is 6. The van der Waals surface area contributed by atoms with Gasteiger partial charge in [0, 0.05) is 19.0 Å². The minimum Gasteiger partial charge on any atom is -0.356 e. The maximum absolute atomic E-state index is 11.3. The molecule has 1 N–H and O–H groups in total. The van der Waals surface area contributed by atoms with Crippen molar-refractivity contribution in [2.24, 2.45) is 0 Å². The van der Waals surface area contributed by atoms with Crippen LogP contribution in [0.4, 0.5) is 0 Å². The van der Waals surface area contributed by atoms with E-state index in [4.69, 9.17) is 11.6 Å². The molecule has 3 nitrogen and oxygen atoms in total. The summed E-state index contributed by atoms with van der Waals surface area (Å²) < 4.78 is 0. The molecule has 0 aromatic heterocycles. The maximum atomic E-state index is 11.3. The summed E-state index contributed by atoms with van der Waals surface area (Å²) in [6.45, 7) is 2.13. The molecule has 0 radical (unpaired) electrons. The molecule has 0 saturated heterocycles. The third-order valence-electron chi connectivity index (χ3n) is 2.35. The van der Waals surface area contributed by atoms with E-state index in [-0.39, 0.29) is 17.6 Å². The van der Waals surface area contributed by atoms with Crippen molar-refractivity contribution in [1.29, 1.82) is 0 Å². The molecular formula is C14H16ClNO2. The van der Waals surface area contributed by atoms with Crippen molar-refractivity contribution in [3.63, 3.8) is 0 Å². The molecule has 1 amide bonds. The predicted octanol–water partition coefficient (Wildman–Crippen LogP) is 2.65. The number of hydrogen-bond acceptors (Lipinski definition) is 2. The lowest BCUT2D eigenvalue weighted by Gasteiger charge is -1.99. The summed E-state index contributed by atoms with van der Waals surface area (Å²) in [7, 11) is 0. The summed E-state index contributed by atoms with van der Waals surface area (Å²) in [6, 6.07) is 7.26. The van der Waals surface area contributed by atoms with Gasteiger partial charge in [-0.15, -0.1) is 11.6 Å². The lowest BCUT2D eigenvalue weighted by Crippen LogP contribution is -2.20. The van der Waals surface area contributed by atoms with E-state index in [9.17, 15) is 9.59 Å². The van der Waals surface area contributed by atoms with E-state index in [0.29, 0.717) is 12.1 Å². The van der Waals surface area contributed by atoms with Gasteiger partial charge in [-0.25, -0.2) is 0 Å². The smallest absolute Gasteiger partial charge is 0.216 e. The molecular weight excluding hydrogens is 250 g/mol. The van der Waals surface area contributed by atoms with Gasteiger partial charge in [-0.1, -0.05) is 36.4 Å². The molecule has 0 aliphatic rings. The van der Waals surface area contributed by atoms with E-state index >= 15 is 0 Å². The van der Waals surface area contributed by atoms with Crippen LogP contribution in [0.25, 0.3) is 6.08 Å². The fourth-order valence-corrected chi connectivity index (χ4v) is 1.56. The molecule has 0 bridgehead atoms. The number of benzene rings is 1. The number of nitrogens with one attached hydrogen (secondary N) is 1. The van der Waals surface area contributed by atoms with Crippen molar-refractivity contribution in [2.75, 3.05) is 12.4 Å². The van der Waals surface area contributed by atoms with Gasteiger partial charge in [0.15, 0.2) is 5.78 Å². The maximum Gasteiger partial charge on any atom is 0.216 e. The molecule has 0 saturated carbocycles. The first-order valence-corrected chi connectivity index (χ1v) is 6.27. The van der Waals surface area contributed by atoms with Gasteiger partial charge in [-0.3, -0.25) is 9.59 Å². The minimum atomic E-state index is -0.0714. The van der Waals surface area contributed by atoms with Crippen LogP contribution in [-0.4, -0.2) is 24.1 Å². The molecule has 0 fully saturated rings. The molecule has 0 heterocycles. The van der Waals surface area contributed by atoms with Crippen molar-refractivity contribution in [2.45, 2.75) is 13.3 Å². The fraction of sp³-hybridized carbons (Fsp3) is 0.286. The van der Waals surface area contributed by atoms with Crippen LogP contribution in [0, 0.1) is 0 Å². The Morgan fingerprint density at radius 1 is 1.28 bits per heavy atom. The Morgan fingerprint density at radius 3 is 2.50 bits per heavy atom. The van der Waals surface area contributed by atoms with Crippen molar-refractivity contribution in [1.82, 2.24) is 5.32 Å². The lowest BCUT2D eigenvalue weighted by molar-refractivity contribution is -0.118. The second kappa shape index (κ2) is 7.67. The molecule has 0 aliphatic carbocycles. The zero-order valence-corrected chi connectivity index (χ0v) is 11.0. The van der Waals surface area contributed by atoms with E-state index in [0.717, 1.165) is 12.0 Å². The molecule has 1 aromatic rings. The van der Waals surface area contributed by atoms with Crippen molar-refractivity contribution in [3.8, 4) is 0 Å². The monoisotopic (exact) mass is 265 g/mol. The van der Waals surface area contributed by atoms with E-state index < -0.39 is 0 Å². The molecule has 1 aromatic carbocycles. The predicted molar refractivity (Wildman–Crippen MR) is 73.8 cm³/mol. The van der Waals surface area contributed by atoms with Crippen molar-refractivity contribution < 1.29 is 9.59 Å². The van der Waals surface area contributed by atoms with Gasteiger partial charge in [-0.05, 0) is 12.0 Å². The molecule has 96 valence electrons. The number of Topliss-reactive ketones (excluding diaryl/α,β-unsaturated/α-hetero) is 1. The quantitative estimate of drug-likeness (QED) is 0.488. The standard InChI is InChI=1S/C14H16ClNO2/c1-11(17)16-9-3-2-4-12-5-7-13(8-6-12)14(18)10-15/h2,4-8H,3,9-10H2,1H3,(H,16,17). The van der Waals surface area contributed by atoms with E-state index in [1.54, 1.807) is 12.1 Å². The van der Waals surface area contributed by atoms with Crippen molar-refractivity contribution >= 4 is 29.4 Å². The second-order valence-corrected chi connectivity index (χ2v) is 4.12. The average Bonchev–Trinajstić information content (AvgIpc) is 2.38. The fourth-order valence-electron chi connectivity index (χ4n) is 1.41. The van der Waals surface area contributed by atoms with Gasteiger partial charge in [0.05, 0.1) is 5.88 Å². The number of carbonyl (C=O) groups excluding carboxylic acids is 2. The topological polar surface area (TPSA) is 46.2 Å². The van der Waals surface area contributed by atoms with E-state index in [1.165, 1.54) is 6.92 Å². The number of ketones is 1. The molecule has 0 atom stereocenters. The molecule has 0 unspecified atom stereocenters. The molecule has 18 heavy (non-hydrogen) atoms. The highest BCUT2D eigenvalue weighted by atomic mass is 35.5. The van der Waals surface area contributed by atoms with E-state index in [2.05, 4.69) is 5.32 Å². The van der Waals surface area contributed by atoms with Crippen LogP contribution in [0.15, 0.2) is 30.3 Å². The van der Waals surface area contributed by atoms with Crippen LogP contribution in [-0.2, 0) is 4.79 Å². The molecule has 0 aliphatic heterocycles. The second-order valence-electron chi connectivity index (χ2n) is 3.85. The Hall–Kier alpha value is -1.61. The summed E-state index contributed by atoms with van der Waals surface area (Å²) in [5, 5.41) is 2.71. The zero-order chi connectivity index (χ0) is 13.4. The number of amides is 1. The van der Waals surface area contributed by atoms with Crippen molar-refractivity contribution in [3.05, 3.63) is 41.5 Å². The Bertz CT molecular complexity index is 438. The van der Waals surface area contributed by atoms with Crippen LogP contribution in [0.2, 0.25) is 0 Å². The first-order valence-electron chi connectivity index (χ1n) is 5.73. The van der Waals surface area contributed by atoms with Crippen LogP contribution >= 0.6 is 11.6 Å². The number of hydrogen-bond donors (Lipinski definition) is 1. The molecule has 0 spiro atoms. The highest BCUT2D eigenvalue weighted by Crippen LogP contribution is 2.08. The highest BCUT2D eigenvalue weighted by Gasteiger charge is 2.02. The number of halogens is 1. The van der Waals surface area contributed by atoms with Gasteiger partial charge < -0.3 is 5.32 Å². The summed E-state index contributed by atoms with van der Waals surface area (Å²) >= 11 is 5.47. The summed E-state index contributed by atoms with van der Waals surface area (Å²) in [5.41, 5.74) is 1.64. The Morgan fingerprint density at radius 2 is 1.94 bits per heavy atom. The third-order valence-corrected chi connectivity index (χ3v) is 2.59. The van der Waals surface area contributed by atoms with Gasteiger partial charge >= 0.3 is 0 Å². The largest absolute Gasteiger partial charge is 0.356 e. The highest BCUT2D eigenvalue weighted by molar-refractivity contribution is 6.30. The molecule has 1 rings (SSSR count). The Balaban J connectivity index is 2.45. The Kier molecular flexibility index (Phi) is 6.15. The summed E-state index contributed by atoms with van der Waals surface area (Å²) in [6.07, 6.45) is 4.72. The first kappa shape index (κ1) is 14.5. The van der Waals surface area contributed by atoms with Gasteiger partial charge in [0.25, 0.3) is 0 Å². The Labute approximate surface area is 112 Å². The molecule has 4 heteroatoms. The van der Waals surface area contributed by atoms with Crippen LogP contribution in [0.5, 0.6) is 0 Å². The SMILES string of the molecule is CC(=O)NCCC=Cc1ccc(C(=O)CCl)cc1. The third kappa shape index (κ3) is 5.15. The summed E-state index contributed by atoms with van der Waals surface area (Å²) in [5.74, 6) is -0.0866. The van der Waals surface area contributed by atoms with E-state index in [1.807, 2.05) is 24.3 Å². The lowest BCUT2D eigenvalue weighted by atomic mass is 10.1. The normalized spacial score (nSPS) is 10.6. The number of carbonyl (C=O) groups is 2. The van der Waals surface area contributed by atoms with Gasteiger partial charge in [0.2, 0.25) is 5.91 Å².